The van der Waals surface area contributed by atoms with Crippen molar-refractivity contribution in [2.24, 2.45) is 11.7 Å². The Balaban J connectivity index is 2.24. The summed E-state index contributed by atoms with van der Waals surface area (Å²) in [7, 11) is -3.69. The minimum atomic E-state index is -3.69. The Labute approximate surface area is 148 Å². The largest absolute Gasteiger partial charge is 0.327 e. The minimum absolute atomic E-state index is 0.175. The molecule has 0 saturated carbocycles. The van der Waals surface area contributed by atoms with Gasteiger partial charge in [0.15, 0.2) is 0 Å². The van der Waals surface area contributed by atoms with Gasteiger partial charge in [0.05, 0.1) is 16.5 Å². The minimum Gasteiger partial charge on any atom is -0.327 e. The van der Waals surface area contributed by atoms with Crippen molar-refractivity contribution >= 4 is 27.3 Å². The lowest BCUT2D eigenvalue weighted by molar-refractivity contribution is -0.119. The molecule has 2 unspecified atom stereocenters. The van der Waals surface area contributed by atoms with Crippen LogP contribution >= 0.6 is 0 Å². The summed E-state index contributed by atoms with van der Waals surface area (Å²) >= 11 is 0. The predicted molar refractivity (Wildman–Crippen MR) is 99.9 cm³/mol. The highest BCUT2D eigenvalue weighted by atomic mass is 32.2. The van der Waals surface area contributed by atoms with Crippen molar-refractivity contribution in [3.63, 3.8) is 0 Å². The summed E-state index contributed by atoms with van der Waals surface area (Å²) in [6.07, 6.45) is 0. The third-order valence-corrected chi connectivity index (χ3v) is 5.39. The molecular formula is C18H23N3O3S. The van der Waals surface area contributed by atoms with Gasteiger partial charge in [-0.05, 0) is 43.7 Å². The SMILES string of the molecule is Cc1ccc(NC(=O)C(C)C(C)N)cc1NS(=O)(=O)c1ccccc1. The Morgan fingerprint density at radius 1 is 1.08 bits per heavy atom. The number of carbonyl (C=O) groups excluding carboxylic acids is 1. The summed E-state index contributed by atoms with van der Waals surface area (Å²) < 4.78 is 27.5. The molecule has 0 aliphatic heterocycles. The van der Waals surface area contributed by atoms with Crippen molar-refractivity contribution in [2.45, 2.75) is 31.7 Å². The topological polar surface area (TPSA) is 101 Å². The molecule has 0 aliphatic carbocycles. The van der Waals surface area contributed by atoms with E-state index in [1.807, 2.05) is 0 Å². The quantitative estimate of drug-likeness (QED) is 0.736. The van der Waals surface area contributed by atoms with Crippen LogP contribution in [0.4, 0.5) is 11.4 Å². The second kappa shape index (κ2) is 7.67. The fourth-order valence-electron chi connectivity index (χ4n) is 2.11. The van der Waals surface area contributed by atoms with Crippen LogP contribution < -0.4 is 15.8 Å². The van der Waals surface area contributed by atoms with Crippen LogP contribution in [0.5, 0.6) is 0 Å². The number of anilines is 2. The summed E-state index contributed by atoms with van der Waals surface area (Å²) in [4.78, 5) is 12.3. The summed E-state index contributed by atoms with van der Waals surface area (Å²) in [5.41, 5.74) is 7.41. The van der Waals surface area contributed by atoms with E-state index < -0.39 is 10.0 Å². The number of benzene rings is 2. The van der Waals surface area contributed by atoms with E-state index in [0.29, 0.717) is 11.4 Å². The Kier molecular flexibility index (Phi) is 5.81. The number of nitrogens with one attached hydrogen (secondary N) is 2. The van der Waals surface area contributed by atoms with E-state index in [9.17, 15) is 13.2 Å². The normalized spacial score (nSPS) is 13.8. The molecular weight excluding hydrogens is 338 g/mol. The van der Waals surface area contributed by atoms with Crippen LogP contribution in [0.25, 0.3) is 0 Å². The highest BCUT2D eigenvalue weighted by Gasteiger charge is 2.18. The number of amides is 1. The van der Waals surface area contributed by atoms with Gasteiger partial charge >= 0.3 is 0 Å². The van der Waals surface area contributed by atoms with Gasteiger partial charge in [0, 0.05) is 11.7 Å². The molecule has 7 heteroatoms. The zero-order chi connectivity index (χ0) is 18.6. The maximum absolute atomic E-state index is 12.5. The van der Waals surface area contributed by atoms with Crippen LogP contribution in [0.15, 0.2) is 53.4 Å². The van der Waals surface area contributed by atoms with Crippen molar-refractivity contribution in [3.05, 3.63) is 54.1 Å². The fourth-order valence-corrected chi connectivity index (χ4v) is 3.25. The molecule has 0 bridgehead atoms. The van der Waals surface area contributed by atoms with Gasteiger partial charge in [-0.1, -0.05) is 31.2 Å². The average Bonchev–Trinajstić information content (AvgIpc) is 2.57. The number of rotatable bonds is 6. The van der Waals surface area contributed by atoms with Crippen LogP contribution in [0.2, 0.25) is 0 Å². The van der Waals surface area contributed by atoms with Gasteiger partial charge in [-0.25, -0.2) is 8.42 Å². The number of nitrogens with two attached hydrogens (primary N) is 1. The fraction of sp³-hybridized carbons (Fsp3) is 0.278. The maximum Gasteiger partial charge on any atom is 0.261 e. The van der Waals surface area contributed by atoms with Gasteiger partial charge in [-0.3, -0.25) is 9.52 Å². The molecule has 1 amide bonds. The van der Waals surface area contributed by atoms with Gasteiger partial charge in [0.25, 0.3) is 10.0 Å². The van der Waals surface area contributed by atoms with Crippen LogP contribution in [-0.2, 0) is 14.8 Å². The summed E-state index contributed by atoms with van der Waals surface area (Å²) in [6, 6.07) is 12.9. The molecule has 25 heavy (non-hydrogen) atoms. The number of hydrogen-bond acceptors (Lipinski definition) is 4. The Morgan fingerprint density at radius 3 is 2.32 bits per heavy atom. The number of sulfonamides is 1. The van der Waals surface area contributed by atoms with Gasteiger partial charge < -0.3 is 11.1 Å². The van der Waals surface area contributed by atoms with E-state index in [2.05, 4.69) is 10.0 Å². The predicted octanol–water partition coefficient (Wildman–Crippen LogP) is 2.72. The van der Waals surface area contributed by atoms with Crippen LogP contribution in [0, 0.1) is 12.8 Å². The molecule has 134 valence electrons. The zero-order valence-corrected chi connectivity index (χ0v) is 15.3. The molecule has 0 aromatic heterocycles. The molecule has 2 rings (SSSR count). The van der Waals surface area contributed by atoms with E-state index >= 15 is 0 Å². The Bertz CT molecular complexity index is 849. The molecule has 2 aromatic rings. The molecule has 0 spiro atoms. The standard InChI is InChI=1S/C18H23N3O3S/c1-12-9-10-15(20-18(22)13(2)14(3)19)11-17(12)21-25(23,24)16-7-5-4-6-8-16/h4-11,13-14,21H,19H2,1-3H3,(H,20,22). The smallest absolute Gasteiger partial charge is 0.261 e. The van der Waals surface area contributed by atoms with E-state index in [1.165, 1.54) is 12.1 Å². The first-order valence-corrected chi connectivity index (χ1v) is 9.44. The molecule has 4 N–H and O–H groups in total. The summed E-state index contributed by atoms with van der Waals surface area (Å²) in [5, 5.41) is 2.76. The van der Waals surface area contributed by atoms with Crippen molar-refractivity contribution in [3.8, 4) is 0 Å². The van der Waals surface area contributed by atoms with E-state index in [4.69, 9.17) is 5.73 Å². The third-order valence-electron chi connectivity index (χ3n) is 4.01. The molecule has 2 aromatic carbocycles. The van der Waals surface area contributed by atoms with E-state index in [0.717, 1.165) is 5.56 Å². The molecule has 0 aliphatic rings. The Morgan fingerprint density at radius 2 is 1.72 bits per heavy atom. The monoisotopic (exact) mass is 361 g/mol. The second-order valence-corrected chi connectivity index (χ2v) is 7.77. The Hall–Kier alpha value is -2.38. The van der Waals surface area contributed by atoms with Crippen molar-refractivity contribution < 1.29 is 13.2 Å². The van der Waals surface area contributed by atoms with Crippen LogP contribution in [-0.4, -0.2) is 20.4 Å². The van der Waals surface area contributed by atoms with Gasteiger partial charge in [-0.2, -0.15) is 0 Å². The third kappa shape index (κ3) is 4.80. The molecule has 2 atom stereocenters. The van der Waals surface area contributed by atoms with Crippen molar-refractivity contribution in [2.75, 3.05) is 10.0 Å². The summed E-state index contributed by atoms with van der Waals surface area (Å²) in [5.74, 6) is -0.568. The van der Waals surface area contributed by atoms with E-state index in [-0.39, 0.29) is 22.8 Å². The number of aryl methyl sites for hydroxylation is 1. The number of hydrogen-bond donors (Lipinski definition) is 3. The molecule has 0 saturated heterocycles. The van der Waals surface area contributed by atoms with Crippen LogP contribution in [0.3, 0.4) is 0 Å². The molecule has 6 nitrogen and oxygen atoms in total. The van der Waals surface area contributed by atoms with Crippen LogP contribution in [0.1, 0.15) is 19.4 Å². The first kappa shape index (κ1) is 19.0. The maximum atomic E-state index is 12.5. The van der Waals surface area contributed by atoms with Gasteiger partial charge in [-0.15, -0.1) is 0 Å². The van der Waals surface area contributed by atoms with Gasteiger partial charge in [0.2, 0.25) is 5.91 Å². The first-order valence-electron chi connectivity index (χ1n) is 7.95. The lowest BCUT2D eigenvalue weighted by atomic mass is 10.0. The zero-order valence-electron chi connectivity index (χ0n) is 14.5. The lowest BCUT2D eigenvalue weighted by Gasteiger charge is -2.17. The van der Waals surface area contributed by atoms with Crippen molar-refractivity contribution in [1.82, 2.24) is 0 Å². The summed E-state index contributed by atoms with van der Waals surface area (Å²) in [6.45, 7) is 5.30. The molecule has 0 radical (unpaired) electrons. The highest BCUT2D eigenvalue weighted by molar-refractivity contribution is 7.92. The van der Waals surface area contributed by atoms with Gasteiger partial charge in [0.1, 0.15) is 0 Å². The van der Waals surface area contributed by atoms with Crippen molar-refractivity contribution in [1.29, 1.82) is 0 Å². The second-order valence-electron chi connectivity index (χ2n) is 6.09. The average molecular weight is 361 g/mol. The lowest BCUT2D eigenvalue weighted by Crippen LogP contribution is -2.34. The highest BCUT2D eigenvalue weighted by Crippen LogP contribution is 2.24. The first-order chi connectivity index (χ1) is 11.7. The molecule has 0 heterocycles. The molecule has 0 fully saturated rings. The number of carbonyl (C=O) groups is 1. The van der Waals surface area contributed by atoms with E-state index in [1.54, 1.807) is 57.2 Å².